The molecule has 0 atom stereocenters. The van der Waals surface area contributed by atoms with Gasteiger partial charge >= 0.3 is 0 Å². The topological polar surface area (TPSA) is 87.2 Å². The lowest BCUT2D eigenvalue weighted by atomic mass is 10.3. The average Bonchev–Trinajstić information content (AvgIpc) is 2.40. The summed E-state index contributed by atoms with van der Waals surface area (Å²) in [6.07, 6.45) is 0.205. The summed E-state index contributed by atoms with van der Waals surface area (Å²) in [5.41, 5.74) is 6.48. The van der Waals surface area contributed by atoms with Gasteiger partial charge in [0.1, 0.15) is 0 Å². The molecule has 0 unspecified atom stereocenters. The molecule has 0 aromatic heterocycles. The van der Waals surface area contributed by atoms with Crippen LogP contribution >= 0.6 is 11.8 Å². The Morgan fingerprint density at radius 1 is 1.38 bits per heavy atom. The molecule has 2 N–H and O–H groups in total. The first kappa shape index (κ1) is 17.8. The van der Waals surface area contributed by atoms with E-state index in [0.29, 0.717) is 11.4 Å². The molecule has 0 aliphatic carbocycles. The first-order chi connectivity index (χ1) is 9.88. The molecule has 0 amide bonds. The zero-order chi connectivity index (χ0) is 15.9. The molecule has 1 aromatic rings. The summed E-state index contributed by atoms with van der Waals surface area (Å²) in [5, 5.41) is 8.63. The molecule has 7 heteroatoms. The van der Waals surface area contributed by atoms with Crippen molar-refractivity contribution in [3.8, 4) is 6.07 Å². The SMILES string of the molecule is CC(C)N(CCC#N)S(=O)(=O)CCSc1ccccc1N. The van der Waals surface area contributed by atoms with Crippen LogP contribution in [0.2, 0.25) is 0 Å². The van der Waals surface area contributed by atoms with Crippen LogP contribution in [0.1, 0.15) is 20.3 Å². The standard InChI is InChI=1S/C14H21N3O2S2/c1-12(2)17(9-5-8-15)21(18,19)11-10-20-14-7-4-3-6-13(14)16/h3-4,6-7,12H,5,9-11,16H2,1-2H3. The lowest BCUT2D eigenvalue weighted by Crippen LogP contribution is -2.39. The largest absolute Gasteiger partial charge is 0.398 e. The summed E-state index contributed by atoms with van der Waals surface area (Å²) in [6, 6.07) is 9.24. The molecule has 0 fully saturated rings. The van der Waals surface area contributed by atoms with Gasteiger partial charge in [0.15, 0.2) is 0 Å². The van der Waals surface area contributed by atoms with Crippen molar-refractivity contribution in [2.24, 2.45) is 0 Å². The molecule has 21 heavy (non-hydrogen) atoms. The fourth-order valence-corrected chi connectivity index (χ4v) is 4.92. The van der Waals surface area contributed by atoms with E-state index in [1.807, 2.05) is 38.1 Å². The van der Waals surface area contributed by atoms with Crippen molar-refractivity contribution in [1.82, 2.24) is 4.31 Å². The number of hydrogen-bond donors (Lipinski definition) is 1. The van der Waals surface area contributed by atoms with Gasteiger partial charge in [-0.25, -0.2) is 8.42 Å². The Kier molecular flexibility index (Phi) is 7.02. The molecule has 0 heterocycles. The molecule has 5 nitrogen and oxygen atoms in total. The van der Waals surface area contributed by atoms with E-state index in [9.17, 15) is 8.42 Å². The highest BCUT2D eigenvalue weighted by atomic mass is 32.2. The molecular weight excluding hydrogens is 306 g/mol. The number of nitrogens with two attached hydrogens (primary N) is 1. The number of nitriles is 1. The number of anilines is 1. The van der Waals surface area contributed by atoms with Gasteiger partial charge in [0.25, 0.3) is 0 Å². The predicted molar refractivity (Wildman–Crippen MR) is 87.4 cm³/mol. The van der Waals surface area contributed by atoms with E-state index < -0.39 is 10.0 Å². The van der Waals surface area contributed by atoms with Crippen molar-refractivity contribution in [3.63, 3.8) is 0 Å². The summed E-state index contributed by atoms with van der Waals surface area (Å²) in [7, 11) is -3.36. The zero-order valence-corrected chi connectivity index (χ0v) is 14.0. The Hall–Kier alpha value is -1.23. The van der Waals surface area contributed by atoms with Crippen molar-refractivity contribution in [1.29, 1.82) is 5.26 Å². The first-order valence-electron chi connectivity index (χ1n) is 6.72. The van der Waals surface area contributed by atoms with Crippen LogP contribution in [0.3, 0.4) is 0 Å². The van der Waals surface area contributed by atoms with Crippen LogP contribution in [-0.4, -0.2) is 36.8 Å². The smallest absolute Gasteiger partial charge is 0.215 e. The molecule has 0 saturated heterocycles. The van der Waals surface area contributed by atoms with Crippen LogP contribution in [0.4, 0.5) is 5.69 Å². The average molecular weight is 327 g/mol. The van der Waals surface area contributed by atoms with Crippen molar-refractivity contribution >= 4 is 27.5 Å². The molecular formula is C14H21N3O2S2. The maximum absolute atomic E-state index is 12.3. The van der Waals surface area contributed by atoms with Crippen LogP contribution in [0.15, 0.2) is 29.2 Å². The monoisotopic (exact) mass is 327 g/mol. The maximum Gasteiger partial charge on any atom is 0.215 e. The zero-order valence-electron chi connectivity index (χ0n) is 12.3. The Morgan fingerprint density at radius 3 is 2.62 bits per heavy atom. The third kappa shape index (κ3) is 5.58. The van der Waals surface area contributed by atoms with Crippen LogP contribution in [-0.2, 0) is 10.0 Å². The summed E-state index contributed by atoms with van der Waals surface area (Å²) in [4.78, 5) is 0.890. The van der Waals surface area contributed by atoms with Gasteiger partial charge in [0.2, 0.25) is 10.0 Å². The Labute approximate surface area is 131 Å². The maximum atomic E-state index is 12.3. The third-order valence-electron chi connectivity index (χ3n) is 2.90. The van der Waals surface area contributed by atoms with E-state index in [1.165, 1.54) is 16.1 Å². The van der Waals surface area contributed by atoms with Crippen molar-refractivity contribution in [3.05, 3.63) is 24.3 Å². The lowest BCUT2D eigenvalue weighted by molar-refractivity contribution is 0.361. The number of benzene rings is 1. The van der Waals surface area contributed by atoms with Crippen LogP contribution < -0.4 is 5.73 Å². The molecule has 0 bridgehead atoms. The molecule has 116 valence electrons. The second kappa shape index (κ2) is 8.27. The van der Waals surface area contributed by atoms with Crippen LogP contribution in [0, 0.1) is 11.3 Å². The number of nitrogen functional groups attached to an aromatic ring is 1. The third-order valence-corrected chi connectivity index (χ3v) is 6.28. The van der Waals surface area contributed by atoms with E-state index in [1.54, 1.807) is 6.07 Å². The van der Waals surface area contributed by atoms with Gasteiger partial charge in [0.05, 0.1) is 11.8 Å². The van der Waals surface area contributed by atoms with Crippen LogP contribution in [0.25, 0.3) is 0 Å². The second-order valence-electron chi connectivity index (χ2n) is 4.81. The van der Waals surface area contributed by atoms with Gasteiger partial charge in [-0.1, -0.05) is 12.1 Å². The van der Waals surface area contributed by atoms with Crippen molar-refractivity contribution in [2.45, 2.75) is 31.2 Å². The highest BCUT2D eigenvalue weighted by molar-refractivity contribution is 8.00. The molecule has 0 aliphatic heterocycles. The molecule has 0 radical (unpaired) electrons. The summed E-state index contributed by atoms with van der Waals surface area (Å²) in [6.45, 7) is 3.88. The number of hydrogen-bond acceptors (Lipinski definition) is 5. The minimum absolute atomic E-state index is 0.0373. The van der Waals surface area contributed by atoms with Gasteiger partial charge in [-0.05, 0) is 26.0 Å². The van der Waals surface area contributed by atoms with Gasteiger partial charge in [-0.15, -0.1) is 11.8 Å². The lowest BCUT2D eigenvalue weighted by Gasteiger charge is -2.24. The van der Waals surface area contributed by atoms with E-state index >= 15 is 0 Å². The summed E-state index contributed by atoms with van der Waals surface area (Å²) in [5.74, 6) is 0.474. The number of sulfonamides is 1. The van der Waals surface area contributed by atoms with E-state index in [0.717, 1.165) is 4.90 Å². The number of nitrogens with zero attached hydrogens (tertiary/aromatic N) is 2. The number of thioether (sulfide) groups is 1. The fourth-order valence-electron chi connectivity index (χ4n) is 1.86. The quantitative estimate of drug-likeness (QED) is 0.585. The first-order valence-corrected chi connectivity index (χ1v) is 9.31. The highest BCUT2D eigenvalue weighted by Gasteiger charge is 2.24. The Balaban J connectivity index is 2.63. The normalized spacial score (nSPS) is 11.8. The number of para-hydroxylation sites is 1. The predicted octanol–water partition coefficient (Wildman–Crippen LogP) is 2.31. The Morgan fingerprint density at radius 2 is 2.05 bits per heavy atom. The Bertz CT molecular complexity index is 594. The van der Waals surface area contributed by atoms with Gasteiger partial charge in [-0.2, -0.15) is 9.57 Å². The fraction of sp³-hybridized carbons (Fsp3) is 0.500. The van der Waals surface area contributed by atoms with E-state index in [-0.39, 0.29) is 24.8 Å². The van der Waals surface area contributed by atoms with E-state index in [2.05, 4.69) is 0 Å². The second-order valence-corrected chi connectivity index (χ2v) is 7.99. The highest BCUT2D eigenvalue weighted by Crippen LogP contribution is 2.24. The minimum atomic E-state index is -3.36. The van der Waals surface area contributed by atoms with Crippen molar-refractivity contribution in [2.75, 3.05) is 23.8 Å². The van der Waals surface area contributed by atoms with Gasteiger partial charge in [-0.3, -0.25) is 0 Å². The van der Waals surface area contributed by atoms with Gasteiger partial charge in [0, 0.05) is 35.3 Å². The number of rotatable bonds is 8. The van der Waals surface area contributed by atoms with Gasteiger partial charge < -0.3 is 5.73 Å². The van der Waals surface area contributed by atoms with Crippen LogP contribution in [0.5, 0.6) is 0 Å². The summed E-state index contributed by atoms with van der Waals surface area (Å²) < 4.78 is 26.0. The molecule has 0 spiro atoms. The molecule has 0 aliphatic rings. The molecule has 0 saturated carbocycles. The molecule has 1 rings (SSSR count). The van der Waals surface area contributed by atoms with Crippen molar-refractivity contribution < 1.29 is 8.42 Å². The minimum Gasteiger partial charge on any atom is -0.398 e. The van der Waals surface area contributed by atoms with E-state index in [4.69, 9.17) is 11.0 Å². The molecule has 1 aromatic carbocycles. The summed E-state index contributed by atoms with van der Waals surface area (Å²) >= 11 is 1.43.